The second kappa shape index (κ2) is 3.98. The van der Waals surface area contributed by atoms with Crippen LogP contribution in [0.25, 0.3) is 32.9 Å². The minimum Gasteiger partial charge on any atom is -0.354 e. The second-order valence-corrected chi connectivity index (χ2v) is 5.84. The minimum absolute atomic E-state index is 1.12. The number of aromatic amines is 1. The Morgan fingerprint density at radius 1 is 0.667 bits per heavy atom. The van der Waals surface area contributed by atoms with Gasteiger partial charge in [0.1, 0.15) is 0 Å². The largest absolute Gasteiger partial charge is 0.354 e. The summed E-state index contributed by atoms with van der Waals surface area (Å²) in [4.78, 5) is 3.64. The molecule has 0 spiro atoms. The van der Waals surface area contributed by atoms with Gasteiger partial charge in [0.15, 0.2) is 0 Å². The van der Waals surface area contributed by atoms with Crippen LogP contribution in [0.3, 0.4) is 0 Å². The summed E-state index contributed by atoms with van der Waals surface area (Å²) in [5, 5.41) is 2.68. The number of H-pyrrole nitrogens is 1. The van der Waals surface area contributed by atoms with Crippen LogP contribution in [0.5, 0.6) is 0 Å². The molecule has 3 aromatic carbocycles. The highest BCUT2D eigenvalue weighted by molar-refractivity contribution is 6.09. The first kappa shape index (κ1) is 11.2. The van der Waals surface area contributed by atoms with Gasteiger partial charge in [-0.25, -0.2) is 0 Å². The number of aryl methyl sites for hydroxylation is 2. The Balaban J connectivity index is 1.91. The fourth-order valence-electron chi connectivity index (χ4n) is 3.75. The lowest BCUT2D eigenvalue weighted by molar-refractivity contribution is 0.948. The molecule has 1 aliphatic rings. The topological polar surface area (TPSA) is 15.8 Å². The van der Waals surface area contributed by atoms with Gasteiger partial charge in [0.05, 0.1) is 5.52 Å². The van der Waals surface area contributed by atoms with Gasteiger partial charge in [-0.2, -0.15) is 0 Å². The maximum atomic E-state index is 3.64. The van der Waals surface area contributed by atoms with Crippen molar-refractivity contribution in [2.24, 2.45) is 0 Å². The molecule has 0 bridgehead atoms. The zero-order valence-corrected chi connectivity index (χ0v) is 11.7. The highest BCUT2D eigenvalue weighted by atomic mass is 14.7. The third kappa shape index (κ3) is 1.46. The number of hydrogen-bond acceptors (Lipinski definition) is 0. The lowest BCUT2D eigenvalue weighted by atomic mass is 9.84. The first-order chi connectivity index (χ1) is 10.4. The van der Waals surface area contributed by atoms with E-state index in [1.54, 1.807) is 0 Å². The van der Waals surface area contributed by atoms with E-state index in [2.05, 4.69) is 65.6 Å². The predicted octanol–water partition coefficient (Wildman–Crippen LogP) is 5.09. The molecule has 1 aliphatic carbocycles. The van der Waals surface area contributed by atoms with Crippen molar-refractivity contribution < 1.29 is 0 Å². The van der Waals surface area contributed by atoms with Gasteiger partial charge >= 0.3 is 0 Å². The Morgan fingerprint density at radius 2 is 1.52 bits per heavy atom. The molecule has 1 heterocycles. The van der Waals surface area contributed by atoms with Crippen molar-refractivity contribution in [2.45, 2.75) is 12.8 Å². The minimum atomic E-state index is 1.12. The Kier molecular flexibility index (Phi) is 2.12. The third-order valence-electron chi connectivity index (χ3n) is 4.74. The van der Waals surface area contributed by atoms with Gasteiger partial charge in [0.25, 0.3) is 0 Å². The molecular weight excluding hydrogens is 254 g/mol. The van der Waals surface area contributed by atoms with E-state index in [4.69, 9.17) is 0 Å². The van der Waals surface area contributed by atoms with Crippen LogP contribution in [0.15, 0.2) is 60.7 Å². The van der Waals surface area contributed by atoms with Gasteiger partial charge in [0.2, 0.25) is 0 Å². The lowest BCUT2D eigenvalue weighted by Gasteiger charge is -2.20. The lowest BCUT2D eigenvalue weighted by Crippen LogP contribution is -2.04. The highest BCUT2D eigenvalue weighted by Crippen LogP contribution is 2.39. The smallest absolute Gasteiger partial charge is 0.0503 e. The molecule has 1 nitrogen and oxygen atoms in total. The first-order valence-corrected chi connectivity index (χ1v) is 7.52. The molecule has 1 aromatic heterocycles. The summed E-state index contributed by atoms with van der Waals surface area (Å²) in [6, 6.07) is 22.0. The van der Waals surface area contributed by atoms with Gasteiger partial charge in [-0.3, -0.25) is 0 Å². The summed E-state index contributed by atoms with van der Waals surface area (Å²) in [5.41, 5.74) is 8.31. The van der Waals surface area contributed by atoms with E-state index >= 15 is 0 Å². The standard InChI is InChI=1S/C20H15N/c1-2-6-14-13(5-1)9-10-17-15(14)11-12-18-16-7-3-4-8-19(16)21-20(17)18/h1-8,11-12,21H,9-10H2. The van der Waals surface area contributed by atoms with Crippen LogP contribution in [-0.2, 0) is 12.8 Å². The summed E-state index contributed by atoms with van der Waals surface area (Å²) in [5.74, 6) is 0. The normalized spacial score (nSPS) is 13.3. The highest BCUT2D eigenvalue weighted by Gasteiger charge is 2.19. The Hall–Kier alpha value is -2.54. The van der Waals surface area contributed by atoms with E-state index in [0.717, 1.165) is 12.8 Å². The molecule has 0 amide bonds. The monoisotopic (exact) mass is 269 g/mol. The van der Waals surface area contributed by atoms with Gasteiger partial charge < -0.3 is 4.98 Å². The molecule has 1 N–H and O–H groups in total. The van der Waals surface area contributed by atoms with Gasteiger partial charge in [-0.15, -0.1) is 0 Å². The molecule has 0 radical (unpaired) electrons. The summed E-state index contributed by atoms with van der Waals surface area (Å²) >= 11 is 0. The molecule has 1 heteroatoms. The third-order valence-corrected chi connectivity index (χ3v) is 4.74. The Morgan fingerprint density at radius 3 is 2.52 bits per heavy atom. The summed E-state index contributed by atoms with van der Waals surface area (Å²) in [6.07, 6.45) is 2.26. The zero-order chi connectivity index (χ0) is 13.8. The van der Waals surface area contributed by atoms with Crippen molar-refractivity contribution in [3.63, 3.8) is 0 Å². The molecule has 0 aliphatic heterocycles. The summed E-state index contributed by atoms with van der Waals surface area (Å²) in [7, 11) is 0. The molecule has 0 fully saturated rings. The average Bonchev–Trinajstić information content (AvgIpc) is 2.93. The van der Waals surface area contributed by atoms with Gasteiger partial charge in [-0.1, -0.05) is 54.6 Å². The maximum absolute atomic E-state index is 3.64. The SMILES string of the molecule is c1ccc2c(c1)CCc1c-2ccc2c1[nH]c1ccccc12. The van der Waals surface area contributed by atoms with E-state index in [9.17, 15) is 0 Å². The van der Waals surface area contributed by atoms with Crippen LogP contribution in [0, 0.1) is 0 Å². The predicted molar refractivity (Wildman–Crippen MR) is 88.6 cm³/mol. The van der Waals surface area contributed by atoms with Crippen molar-refractivity contribution in [1.82, 2.24) is 4.98 Å². The number of fused-ring (bicyclic) bond motifs is 7. The van der Waals surface area contributed by atoms with Crippen molar-refractivity contribution >= 4 is 21.8 Å². The first-order valence-electron chi connectivity index (χ1n) is 7.52. The van der Waals surface area contributed by atoms with E-state index in [1.807, 2.05) is 0 Å². The Labute approximate surface area is 123 Å². The van der Waals surface area contributed by atoms with Crippen LogP contribution >= 0.6 is 0 Å². The number of aromatic nitrogens is 1. The van der Waals surface area contributed by atoms with E-state index < -0.39 is 0 Å². The summed E-state index contributed by atoms with van der Waals surface area (Å²) < 4.78 is 0. The second-order valence-electron chi connectivity index (χ2n) is 5.84. The van der Waals surface area contributed by atoms with Crippen LogP contribution in [0.2, 0.25) is 0 Å². The molecule has 0 saturated carbocycles. The molecule has 5 rings (SSSR count). The van der Waals surface area contributed by atoms with Crippen LogP contribution in [0.1, 0.15) is 11.1 Å². The summed E-state index contributed by atoms with van der Waals surface area (Å²) in [6.45, 7) is 0. The van der Waals surface area contributed by atoms with E-state index in [-0.39, 0.29) is 0 Å². The quantitative estimate of drug-likeness (QED) is 0.458. The van der Waals surface area contributed by atoms with E-state index in [0.29, 0.717) is 0 Å². The van der Waals surface area contributed by atoms with Crippen molar-refractivity contribution in [3.05, 3.63) is 71.8 Å². The molecule has 100 valence electrons. The molecule has 0 saturated heterocycles. The van der Waals surface area contributed by atoms with Gasteiger partial charge in [0, 0.05) is 16.3 Å². The number of hydrogen-bond donors (Lipinski definition) is 1. The van der Waals surface area contributed by atoms with E-state index in [1.165, 1.54) is 44.1 Å². The number of rotatable bonds is 0. The van der Waals surface area contributed by atoms with Crippen molar-refractivity contribution in [3.8, 4) is 11.1 Å². The number of nitrogens with one attached hydrogen (secondary N) is 1. The fraction of sp³-hybridized carbons (Fsp3) is 0.100. The van der Waals surface area contributed by atoms with Crippen LogP contribution < -0.4 is 0 Å². The van der Waals surface area contributed by atoms with Crippen LogP contribution in [0.4, 0.5) is 0 Å². The number of para-hydroxylation sites is 1. The average molecular weight is 269 g/mol. The molecule has 0 atom stereocenters. The number of benzene rings is 3. The zero-order valence-electron chi connectivity index (χ0n) is 11.7. The van der Waals surface area contributed by atoms with Crippen molar-refractivity contribution in [2.75, 3.05) is 0 Å². The fourth-order valence-corrected chi connectivity index (χ4v) is 3.75. The molecule has 4 aromatic rings. The van der Waals surface area contributed by atoms with Gasteiger partial charge in [-0.05, 0) is 41.2 Å². The Bertz CT molecular complexity index is 991. The maximum Gasteiger partial charge on any atom is 0.0503 e. The van der Waals surface area contributed by atoms with Crippen molar-refractivity contribution in [1.29, 1.82) is 0 Å². The van der Waals surface area contributed by atoms with Crippen LogP contribution in [-0.4, -0.2) is 4.98 Å². The molecule has 0 unspecified atom stereocenters. The molecular formula is C20H15N. The molecule has 21 heavy (non-hydrogen) atoms.